The molecule has 8 heteroatoms. The summed E-state index contributed by atoms with van der Waals surface area (Å²) in [6.45, 7) is 6.73. The van der Waals surface area contributed by atoms with Crippen LogP contribution in [0.1, 0.15) is 49.3 Å². The van der Waals surface area contributed by atoms with Gasteiger partial charge in [-0.1, -0.05) is 30.7 Å². The van der Waals surface area contributed by atoms with Crippen molar-refractivity contribution in [3.8, 4) is 0 Å². The zero-order valence-corrected chi connectivity index (χ0v) is 20.4. The van der Waals surface area contributed by atoms with Crippen LogP contribution in [-0.4, -0.2) is 40.0 Å². The minimum absolute atomic E-state index is 0.0668. The number of hydrogen-bond acceptors (Lipinski definition) is 4. The van der Waals surface area contributed by atoms with Gasteiger partial charge in [0.15, 0.2) is 5.43 Å². The number of halogens is 2. The lowest BCUT2D eigenvalue weighted by molar-refractivity contribution is -0.127. The fourth-order valence-corrected chi connectivity index (χ4v) is 4.70. The maximum atomic E-state index is 14.7. The topological polar surface area (TPSA) is 67.2 Å². The van der Waals surface area contributed by atoms with E-state index >= 15 is 0 Å². The lowest BCUT2D eigenvalue weighted by Crippen LogP contribution is -2.27. The number of pyridine rings is 2. The number of aromatic nitrogens is 2. The van der Waals surface area contributed by atoms with Gasteiger partial charge in [-0.05, 0) is 49.4 Å². The first kappa shape index (κ1) is 24.2. The number of amides is 1. The van der Waals surface area contributed by atoms with E-state index < -0.39 is 5.82 Å². The van der Waals surface area contributed by atoms with E-state index in [0.29, 0.717) is 47.5 Å². The van der Waals surface area contributed by atoms with E-state index in [0.717, 1.165) is 37.9 Å². The molecule has 0 radical (unpaired) electrons. The molecule has 1 aliphatic rings. The molecule has 2 aromatic heterocycles. The van der Waals surface area contributed by atoms with Crippen molar-refractivity contribution in [2.45, 2.75) is 52.5 Å². The molecular formula is C26H30ClFN4O2. The standard InChI is InChI=1S/C26H30ClFN4O2/c1-3-11-32-16-17(2)24(34)20-15-19(14-18-7-4-8-21(27)23(18)28)25(30-26(20)32)29-10-6-13-31-12-5-9-22(31)33/h4,7-8,15-16H,3,5-6,9-14H2,1-2H3,(H,29,30). The summed E-state index contributed by atoms with van der Waals surface area (Å²) in [6, 6.07) is 6.76. The highest BCUT2D eigenvalue weighted by Crippen LogP contribution is 2.26. The Balaban J connectivity index is 1.69. The third-order valence-electron chi connectivity index (χ3n) is 6.25. The van der Waals surface area contributed by atoms with Crippen molar-refractivity contribution in [2.75, 3.05) is 25.0 Å². The van der Waals surface area contributed by atoms with Crippen molar-refractivity contribution in [2.24, 2.45) is 0 Å². The number of rotatable bonds is 9. The highest BCUT2D eigenvalue weighted by atomic mass is 35.5. The lowest BCUT2D eigenvalue weighted by Gasteiger charge is -2.18. The predicted molar refractivity (Wildman–Crippen MR) is 134 cm³/mol. The molecule has 6 nitrogen and oxygen atoms in total. The first-order valence-corrected chi connectivity index (χ1v) is 12.2. The molecule has 0 atom stereocenters. The molecule has 3 aromatic rings. The van der Waals surface area contributed by atoms with Crippen LogP contribution >= 0.6 is 11.6 Å². The Morgan fingerprint density at radius 1 is 1.21 bits per heavy atom. The normalized spacial score (nSPS) is 13.8. The van der Waals surface area contributed by atoms with Crippen LogP contribution in [0.25, 0.3) is 11.0 Å². The van der Waals surface area contributed by atoms with Gasteiger partial charge in [0, 0.05) is 50.8 Å². The molecule has 0 spiro atoms. The second kappa shape index (κ2) is 10.6. The summed E-state index contributed by atoms with van der Waals surface area (Å²) in [5, 5.41) is 3.98. The Hall–Kier alpha value is -2.93. The maximum absolute atomic E-state index is 14.7. The molecule has 1 fully saturated rings. The Morgan fingerprint density at radius 2 is 2.03 bits per heavy atom. The van der Waals surface area contributed by atoms with Gasteiger partial charge >= 0.3 is 0 Å². The van der Waals surface area contributed by atoms with E-state index in [1.54, 1.807) is 19.1 Å². The van der Waals surface area contributed by atoms with Gasteiger partial charge < -0.3 is 14.8 Å². The van der Waals surface area contributed by atoms with Crippen LogP contribution in [0.5, 0.6) is 0 Å². The van der Waals surface area contributed by atoms with E-state index in [4.69, 9.17) is 16.6 Å². The van der Waals surface area contributed by atoms with Crippen LogP contribution in [-0.2, 0) is 17.8 Å². The molecule has 1 amide bonds. The van der Waals surface area contributed by atoms with Crippen LogP contribution < -0.4 is 10.7 Å². The Bertz CT molecular complexity index is 1270. The zero-order valence-electron chi connectivity index (χ0n) is 19.7. The minimum Gasteiger partial charge on any atom is -0.370 e. The van der Waals surface area contributed by atoms with Crippen molar-refractivity contribution in [1.29, 1.82) is 0 Å². The van der Waals surface area contributed by atoms with Gasteiger partial charge in [0.2, 0.25) is 5.91 Å². The number of hydrogen-bond donors (Lipinski definition) is 1. The average Bonchev–Trinajstić information content (AvgIpc) is 3.23. The lowest BCUT2D eigenvalue weighted by atomic mass is 10.0. The molecule has 0 aliphatic carbocycles. The number of likely N-dealkylation sites (tertiary alicyclic amines) is 1. The summed E-state index contributed by atoms with van der Waals surface area (Å²) in [7, 11) is 0. The van der Waals surface area contributed by atoms with Crippen molar-refractivity contribution in [1.82, 2.24) is 14.5 Å². The van der Waals surface area contributed by atoms with Gasteiger partial charge in [-0.15, -0.1) is 0 Å². The molecule has 4 rings (SSSR count). The van der Waals surface area contributed by atoms with E-state index in [1.165, 1.54) is 6.07 Å². The molecule has 1 saturated heterocycles. The SMILES string of the molecule is CCCn1cc(C)c(=O)c2cc(Cc3cccc(Cl)c3F)c(NCCCN3CCCC3=O)nc21. The van der Waals surface area contributed by atoms with Crippen LogP contribution in [0, 0.1) is 12.7 Å². The highest BCUT2D eigenvalue weighted by molar-refractivity contribution is 6.30. The van der Waals surface area contributed by atoms with Crippen molar-refractivity contribution >= 4 is 34.4 Å². The third-order valence-corrected chi connectivity index (χ3v) is 6.54. The quantitative estimate of drug-likeness (QED) is 0.438. The predicted octanol–water partition coefficient (Wildman–Crippen LogP) is 4.92. The summed E-state index contributed by atoms with van der Waals surface area (Å²) >= 11 is 6.00. The summed E-state index contributed by atoms with van der Waals surface area (Å²) in [4.78, 5) is 31.6. The van der Waals surface area contributed by atoms with Gasteiger partial charge in [-0.2, -0.15) is 0 Å². The van der Waals surface area contributed by atoms with Crippen LogP contribution in [0.4, 0.5) is 10.2 Å². The Labute approximate surface area is 203 Å². The zero-order chi connectivity index (χ0) is 24.2. The Kier molecular flexibility index (Phi) is 7.51. The summed E-state index contributed by atoms with van der Waals surface area (Å²) in [5.74, 6) is 0.364. The molecule has 0 bridgehead atoms. The number of aryl methyl sites for hydroxylation is 2. The second-order valence-corrected chi connectivity index (χ2v) is 9.26. The molecule has 0 saturated carbocycles. The Morgan fingerprint density at radius 3 is 2.76 bits per heavy atom. The molecular weight excluding hydrogens is 455 g/mol. The van der Waals surface area contributed by atoms with E-state index in [-0.39, 0.29) is 22.8 Å². The molecule has 1 aliphatic heterocycles. The van der Waals surface area contributed by atoms with Gasteiger partial charge in [0.05, 0.1) is 10.4 Å². The summed E-state index contributed by atoms with van der Waals surface area (Å²) in [6.07, 6.45) is 5.32. The van der Waals surface area contributed by atoms with Gasteiger partial charge in [0.1, 0.15) is 17.3 Å². The smallest absolute Gasteiger partial charge is 0.222 e. The molecule has 180 valence electrons. The van der Waals surface area contributed by atoms with E-state index in [2.05, 4.69) is 12.2 Å². The molecule has 0 unspecified atom stereocenters. The minimum atomic E-state index is -0.463. The highest BCUT2D eigenvalue weighted by Gasteiger charge is 2.19. The van der Waals surface area contributed by atoms with Crippen LogP contribution in [0.15, 0.2) is 35.3 Å². The molecule has 34 heavy (non-hydrogen) atoms. The molecule has 1 aromatic carbocycles. The monoisotopic (exact) mass is 484 g/mol. The van der Waals surface area contributed by atoms with E-state index in [1.807, 2.05) is 21.7 Å². The molecule has 1 N–H and O–H groups in total. The summed E-state index contributed by atoms with van der Waals surface area (Å²) < 4.78 is 16.7. The average molecular weight is 485 g/mol. The number of anilines is 1. The van der Waals surface area contributed by atoms with Crippen molar-refractivity contribution in [3.63, 3.8) is 0 Å². The number of nitrogens with one attached hydrogen (secondary N) is 1. The number of nitrogens with zero attached hydrogens (tertiary/aromatic N) is 3. The van der Waals surface area contributed by atoms with Crippen LogP contribution in [0.3, 0.4) is 0 Å². The molecule has 3 heterocycles. The van der Waals surface area contributed by atoms with Gasteiger partial charge in [-0.3, -0.25) is 9.59 Å². The van der Waals surface area contributed by atoms with E-state index in [9.17, 15) is 14.0 Å². The number of carbonyl (C=O) groups is 1. The van der Waals surface area contributed by atoms with Gasteiger partial charge in [0.25, 0.3) is 0 Å². The first-order valence-electron chi connectivity index (χ1n) is 11.9. The largest absolute Gasteiger partial charge is 0.370 e. The first-order chi connectivity index (χ1) is 16.4. The fraction of sp³-hybridized carbons (Fsp3) is 0.423. The number of fused-ring (bicyclic) bond motifs is 1. The third kappa shape index (κ3) is 5.09. The second-order valence-electron chi connectivity index (χ2n) is 8.86. The number of carbonyl (C=O) groups excluding carboxylic acids is 1. The summed E-state index contributed by atoms with van der Waals surface area (Å²) in [5.41, 5.74) is 2.38. The van der Waals surface area contributed by atoms with Gasteiger partial charge in [-0.25, -0.2) is 9.37 Å². The van der Waals surface area contributed by atoms with Crippen LogP contribution in [0.2, 0.25) is 5.02 Å². The fourth-order valence-electron chi connectivity index (χ4n) is 4.50. The number of benzene rings is 1. The maximum Gasteiger partial charge on any atom is 0.222 e. The van der Waals surface area contributed by atoms with Crippen molar-refractivity contribution in [3.05, 3.63) is 68.2 Å². The van der Waals surface area contributed by atoms with Crippen molar-refractivity contribution < 1.29 is 9.18 Å².